The van der Waals surface area contributed by atoms with Crippen LogP contribution in [0.3, 0.4) is 0 Å². The number of alkyl halides is 6. The largest absolute Gasteiger partial charge is 0.507 e. The van der Waals surface area contributed by atoms with Gasteiger partial charge in [0.25, 0.3) is 0 Å². The van der Waals surface area contributed by atoms with Crippen LogP contribution in [-0.2, 0) is 14.2 Å². The Balaban J connectivity index is 0.000000170. The van der Waals surface area contributed by atoms with Crippen molar-refractivity contribution in [1.82, 2.24) is 0 Å². The molecule has 2 aromatic carbocycles. The second-order valence-corrected chi connectivity index (χ2v) is 6.67. The molecule has 172 valence electrons. The summed E-state index contributed by atoms with van der Waals surface area (Å²) < 4.78 is 80.8. The maximum absolute atomic E-state index is 11.2. The summed E-state index contributed by atoms with van der Waals surface area (Å²) in [5.41, 5.74) is 1.92. The van der Waals surface area contributed by atoms with Crippen LogP contribution in [0.4, 0.5) is 26.3 Å². The number of halogens is 6. The van der Waals surface area contributed by atoms with Crippen molar-refractivity contribution in [2.24, 2.45) is 0 Å². The quantitative estimate of drug-likeness (QED) is 0.495. The van der Waals surface area contributed by atoms with Crippen LogP contribution in [-0.4, -0.2) is 62.5 Å². The highest BCUT2D eigenvalue weighted by atomic mass is 19.4. The summed E-state index contributed by atoms with van der Waals surface area (Å²) in [6, 6.07) is 17.2. The molecule has 2 heterocycles. The van der Waals surface area contributed by atoms with E-state index in [1.54, 1.807) is 6.07 Å². The van der Waals surface area contributed by atoms with Crippen molar-refractivity contribution in [3.63, 3.8) is 0 Å². The van der Waals surface area contributed by atoms with Crippen molar-refractivity contribution in [1.29, 1.82) is 0 Å². The van der Waals surface area contributed by atoms with Gasteiger partial charge in [0, 0.05) is 5.56 Å². The van der Waals surface area contributed by atoms with E-state index in [1.165, 1.54) is 0 Å². The molecule has 2 aliphatic rings. The molecule has 1 N–H and O–H groups in total. The predicted molar refractivity (Wildman–Crippen MR) is 101 cm³/mol. The Hall–Kier alpha value is -2.30. The highest BCUT2D eigenvalue weighted by molar-refractivity contribution is 5.69. The number of phenolic OH excluding ortho intramolecular Hbond substituents is 1. The van der Waals surface area contributed by atoms with Gasteiger partial charge in [-0.1, -0.05) is 48.5 Å². The van der Waals surface area contributed by atoms with Crippen molar-refractivity contribution < 1.29 is 45.7 Å². The van der Waals surface area contributed by atoms with Crippen LogP contribution in [0.1, 0.15) is 0 Å². The number of hydrogen-bond acceptors (Lipinski definition) is 4. The molecule has 2 fully saturated rings. The maximum atomic E-state index is 11.2. The molecular formula is C21H22F6O4. The third-order valence-electron chi connectivity index (χ3n) is 3.98. The van der Waals surface area contributed by atoms with Crippen LogP contribution < -0.4 is 0 Å². The average Bonchev–Trinajstić information content (AvgIpc) is 3.65. The normalized spacial score (nSPS) is 19.4. The van der Waals surface area contributed by atoms with E-state index in [-0.39, 0.29) is 0 Å². The predicted octanol–water partition coefficient (Wildman–Crippen LogP) is 5.01. The Bertz CT molecular complexity index is 765. The third kappa shape index (κ3) is 9.16. The molecular weight excluding hydrogens is 430 g/mol. The van der Waals surface area contributed by atoms with Crippen molar-refractivity contribution in [2.75, 3.05) is 33.1 Å². The number of aromatic hydroxyl groups is 1. The molecule has 0 aliphatic carbocycles. The van der Waals surface area contributed by atoms with E-state index in [4.69, 9.17) is 14.2 Å². The minimum Gasteiger partial charge on any atom is -0.507 e. The molecule has 2 unspecified atom stereocenters. The fourth-order valence-electron chi connectivity index (χ4n) is 2.07. The molecule has 0 radical (unpaired) electrons. The molecule has 0 saturated carbocycles. The highest BCUT2D eigenvalue weighted by Crippen LogP contribution is 2.35. The standard InChI is InChI=1S/C12H10O.C6H10O3.C3H2F6/c13-12-9-5-4-8-11(12)10-6-2-1-3-7-10;1(5-3-8-5)7-2-6-4-9-6;4-1-2(5,6)3(7,8)9/h1-9,13H;5-6H,1-4H2;1H2. The van der Waals surface area contributed by atoms with E-state index in [9.17, 15) is 31.4 Å². The zero-order chi connectivity index (χ0) is 22.9. The Morgan fingerprint density at radius 3 is 1.71 bits per heavy atom. The topological polar surface area (TPSA) is 54.5 Å². The lowest BCUT2D eigenvalue weighted by Gasteiger charge is -2.14. The van der Waals surface area contributed by atoms with Crippen molar-refractivity contribution >= 4 is 0 Å². The fourth-order valence-corrected chi connectivity index (χ4v) is 2.07. The van der Waals surface area contributed by atoms with Gasteiger partial charge in [-0.3, -0.25) is 0 Å². The van der Waals surface area contributed by atoms with Crippen molar-refractivity contribution in [3.05, 3.63) is 54.6 Å². The molecule has 0 bridgehead atoms. The molecule has 4 nitrogen and oxygen atoms in total. The molecule has 2 aliphatic heterocycles. The SMILES string of the molecule is C(OCC1CO1)C1CO1.FCC(F)(F)C(F)(F)F.Oc1ccccc1-c1ccccc1. The molecule has 31 heavy (non-hydrogen) atoms. The smallest absolute Gasteiger partial charge is 0.456 e. The van der Waals surface area contributed by atoms with Gasteiger partial charge < -0.3 is 19.3 Å². The molecule has 2 atom stereocenters. The molecule has 0 aromatic heterocycles. The Kier molecular flexibility index (Phi) is 9.15. The van der Waals surface area contributed by atoms with Gasteiger partial charge in [0.15, 0.2) is 6.67 Å². The summed E-state index contributed by atoms with van der Waals surface area (Å²) in [5.74, 6) is -4.86. The number of ether oxygens (including phenoxy) is 3. The van der Waals surface area contributed by atoms with E-state index in [1.807, 2.05) is 48.5 Å². The first-order valence-corrected chi connectivity index (χ1v) is 9.29. The molecule has 2 aromatic rings. The van der Waals surface area contributed by atoms with Gasteiger partial charge >= 0.3 is 12.1 Å². The first kappa shape index (κ1) is 25.0. The van der Waals surface area contributed by atoms with E-state index >= 15 is 0 Å². The van der Waals surface area contributed by atoms with Crippen molar-refractivity contribution in [2.45, 2.75) is 24.3 Å². The zero-order valence-electron chi connectivity index (χ0n) is 16.3. The van der Waals surface area contributed by atoms with E-state index in [0.29, 0.717) is 18.0 Å². The van der Waals surface area contributed by atoms with Crippen LogP contribution in [0.25, 0.3) is 11.1 Å². The maximum Gasteiger partial charge on any atom is 0.456 e. The van der Waals surface area contributed by atoms with Crippen LogP contribution in [0.5, 0.6) is 5.75 Å². The Labute approximate surface area is 175 Å². The molecule has 0 spiro atoms. The van der Waals surface area contributed by atoms with Crippen LogP contribution in [0.2, 0.25) is 0 Å². The number of hydrogen-bond donors (Lipinski definition) is 1. The van der Waals surface area contributed by atoms with E-state index in [0.717, 1.165) is 37.6 Å². The number of para-hydroxylation sites is 1. The average molecular weight is 452 g/mol. The summed E-state index contributed by atoms with van der Waals surface area (Å²) in [7, 11) is 0. The molecule has 10 heteroatoms. The Morgan fingerprint density at radius 2 is 1.32 bits per heavy atom. The van der Waals surface area contributed by atoms with E-state index in [2.05, 4.69) is 0 Å². The summed E-state index contributed by atoms with van der Waals surface area (Å²) >= 11 is 0. The van der Waals surface area contributed by atoms with Gasteiger partial charge in [-0.05, 0) is 11.6 Å². The second kappa shape index (κ2) is 11.4. The molecule has 0 amide bonds. The monoisotopic (exact) mass is 452 g/mol. The van der Waals surface area contributed by atoms with Gasteiger partial charge in [0.05, 0.1) is 26.4 Å². The van der Waals surface area contributed by atoms with Crippen LogP contribution in [0.15, 0.2) is 54.6 Å². The minimum atomic E-state index is -5.76. The van der Waals surface area contributed by atoms with Gasteiger partial charge in [0.1, 0.15) is 18.0 Å². The number of epoxide rings is 2. The number of benzene rings is 2. The van der Waals surface area contributed by atoms with Crippen LogP contribution >= 0.6 is 0 Å². The highest BCUT2D eigenvalue weighted by Gasteiger charge is 2.57. The van der Waals surface area contributed by atoms with Gasteiger partial charge in [-0.25, -0.2) is 4.39 Å². The first-order chi connectivity index (χ1) is 14.6. The summed E-state index contributed by atoms with van der Waals surface area (Å²) in [4.78, 5) is 0. The third-order valence-corrected chi connectivity index (χ3v) is 3.98. The van der Waals surface area contributed by atoms with Crippen molar-refractivity contribution in [3.8, 4) is 16.9 Å². The lowest BCUT2D eigenvalue weighted by Crippen LogP contribution is -2.38. The lowest BCUT2D eigenvalue weighted by molar-refractivity contribution is -0.286. The van der Waals surface area contributed by atoms with Gasteiger partial charge in [-0.2, -0.15) is 22.0 Å². The minimum absolute atomic E-state index is 0.328. The first-order valence-electron chi connectivity index (χ1n) is 9.29. The summed E-state index contributed by atoms with van der Waals surface area (Å²) in [5, 5.41) is 9.56. The van der Waals surface area contributed by atoms with Gasteiger partial charge in [-0.15, -0.1) is 0 Å². The number of rotatable bonds is 6. The van der Waals surface area contributed by atoms with E-state index < -0.39 is 18.8 Å². The second-order valence-electron chi connectivity index (χ2n) is 6.67. The number of phenols is 1. The fraction of sp³-hybridized carbons (Fsp3) is 0.429. The summed E-state index contributed by atoms with van der Waals surface area (Å²) in [6.07, 6.45) is -4.98. The zero-order valence-corrected chi connectivity index (χ0v) is 16.3. The van der Waals surface area contributed by atoms with Gasteiger partial charge in [0.2, 0.25) is 0 Å². The molecule has 4 rings (SSSR count). The van der Waals surface area contributed by atoms with Crippen LogP contribution in [0, 0.1) is 0 Å². The molecule has 2 saturated heterocycles. The Morgan fingerprint density at radius 1 is 0.839 bits per heavy atom. The lowest BCUT2D eigenvalue weighted by atomic mass is 10.1. The summed E-state index contributed by atoms with van der Waals surface area (Å²) in [6.45, 7) is 0.563.